The Labute approximate surface area is 141 Å². The van der Waals surface area contributed by atoms with Crippen LogP contribution < -0.4 is 10.6 Å². The van der Waals surface area contributed by atoms with Crippen molar-refractivity contribution in [1.82, 2.24) is 15.5 Å². The van der Waals surface area contributed by atoms with E-state index in [1.165, 1.54) is 18.6 Å². The molecule has 0 unspecified atom stereocenters. The summed E-state index contributed by atoms with van der Waals surface area (Å²) in [7, 11) is 0. The molecule has 3 rings (SSSR count). The van der Waals surface area contributed by atoms with Crippen LogP contribution in [0.5, 0.6) is 0 Å². The van der Waals surface area contributed by atoms with E-state index in [1.807, 2.05) is 12.1 Å². The van der Waals surface area contributed by atoms with Gasteiger partial charge in [0.05, 0.1) is 0 Å². The second-order valence-electron chi connectivity index (χ2n) is 6.78. The van der Waals surface area contributed by atoms with Gasteiger partial charge in [0.1, 0.15) is 12.4 Å². The number of carbonyl (C=O) groups is 2. The van der Waals surface area contributed by atoms with E-state index < -0.39 is 0 Å². The number of carbonyl (C=O) groups excluding carboxylic acids is 2. The zero-order valence-corrected chi connectivity index (χ0v) is 13.8. The maximum atomic E-state index is 13.3. The SMILES string of the molecule is O=C1CN(C(=O)NCC2(c3ccc(F)cc3)CCCCC2)CCN1. The standard InChI is InChI=1S/C18H24FN3O2/c19-15-6-4-14(5-7-15)18(8-2-1-3-9-18)13-21-17(24)22-11-10-20-16(23)12-22/h4-7H,1-3,8-13H2,(H,20,23)(H,21,24). The van der Waals surface area contributed by atoms with E-state index in [4.69, 9.17) is 0 Å². The molecule has 1 heterocycles. The van der Waals surface area contributed by atoms with Crippen molar-refractivity contribution < 1.29 is 14.0 Å². The molecule has 1 saturated heterocycles. The van der Waals surface area contributed by atoms with Crippen molar-refractivity contribution in [2.24, 2.45) is 0 Å². The van der Waals surface area contributed by atoms with E-state index in [2.05, 4.69) is 10.6 Å². The monoisotopic (exact) mass is 333 g/mol. The van der Waals surface area contributed by atoms with E-state index in [0.717, 1.165) is 31.2 Å². The highest BCUT2D eigenvalue weighted by molar-refractivity contribution is 5.85. The molecule has 1 aliphatic heterocycles. The van der Waals surface area contributed by atoms with Crippen LogP contribution in [-0.2, 0) is 10.2 Å². The van der Waals surface area contributed by atoms with Gasteiger partial charge in [0, 0.05) is 25.0 Å². The predicted octanol–water partition coefficient (Wildman–Crippen LogP) is 2.17. The summed E-state index contributed by atoms with van der Waals surface area (Å²) < 4.78 is 13.3. The summed E-state index contributed by atoms with van der Waals surface area (Å²) in [6, 6.07) is 6.45. The fraction of sp³-hybridized carbons (Fsp3) is 0.556. The Morgan fingerprint density at radius 1 is 1.21 bits per heavy atom. The normalized spacial score (nSPS) is 20.4. The molecule has 1 aliphatic carbocycles. The molecular weight excluding hydrogens is 309 g/mol. The molecule has 2 fully saturated rings. The minimum atomic E-state index is -0.243. The molecule has 0 atom stereocenters. The van der Waals surface area contributed by atoms with Crippen molar-refractivity contribution in [3.05, 3.63) is 35.6 Å². The third-order valence-corrected chi connectivity index (χ3v) is 5.17. The second kappa shape index (κ2) is 7.20. The molecule has 5 nitrogen and oxygen atoms in total. The summed E-state index contributed by atoms with van der Waals surface area (Å²) in [5, 5.41) is 5.72. The van der Waals surface area contributed by atoms with Gasteiger partial charge in [0.15, 0.2) is 0 Å². The Morgan fingerprint density at radius 3 is 2.58 bits per heavy atom. The molecule has 0 aromatic heterocycles. The maximum absolute atomic E-state index is 13.3. The van der Waals surface area contributed by atoms with Gasteiger partial charge in [0.25, 0.3) is 0 Å². The van der Waals surface area contributed by atoms with E-state index in [0.29, 0.717) is 19.6 Å². The number of nitrogens with zero attached hydrogens (tertiary/aromatic N) is 1. The first-order chi connectivity index (χ1) is 11.6. The number of hydrogen-bond acceptors (Lipinski definition) is 2. The number of halogens is 1. The molecule has 6 heteroatoms. The molecular formula is C18H24FN3O2. The van der Waals surface area contributed by atoms with Crippen molar-refractivity contribution in [2.45, 2.75) is 37.5 Å². The zero-order chi connectivity index (χ0) is 17.0. The van der Waals surface area contributed by atoms with Gasteiger partial charge in [-0.3, -0.25) is 4.79 Å². The number of amides is 3. The number of nitrogens with one attached hydrogen (secondary N) is 2. The second-order valence-corrected chi connectivity index (χ2v) is 6.78. The number of piperazine rings is 1. The molecule has 0 bridgehead atoms. The molecule has 2 N–H and O–H groups in total. The minimum Gasteiger partial charge on any atom is -0.353 e. The van der Waals surface area contributed by atoms with Crippen LogP contribution in [-0.4, -0.2) is 43.0 Å². The first kappa shape index (κ1) is 16.7. The third-order valence-electron chi connectivity index (χ3n) is 5.17. The highest BCUT2D eigenvalue weighted by Crippen LogP contribution is 2.39. The van der Waals surface area contributed by atoms with Gasteiger partial charge in [-0.1, -0.05) is 31.4 Å². The molecule has 130 valence electrons. The van der Waals surface area contributed by atoms with Crippen LogP contribution in [0.15, 0.2) is 24.3 Å². The van der Waals surface area contributed by atoms with Crippen LogP contribution in [0.4, 0.5) is 9.18 Å². The lowest BCUT2D eigenvalue weighted by molar-refractivity contribution is -0.123. The highest BCUT2D eigenvalue weighted by atomic mass is 19.1. The average Bonchev–Trinajstić information content (AvgIpc) is 2.61. The molecule has 1 aromatic rings. The largest absolute Gasteiger partial charge is 0.353 e. The van der Waals surface area contributed by atoms with Gasteiger partial charge in [-0.25, -0.2) is 9.18 Å². The Hall–Kier alpha value is -2.11. The molecule has 2 aliphatic rings. The summed E-state index contributed by atoms with van der Waals surface area (Å²) >= 11 is 0. The Morgan fingerprint density at radius 2 is 1.92 bits per heavy atom. The highest BCUT2D eigenvalue weighted by Gasteiger charge is 2.35. The summed E-state index contributed by atoms with van der Waals surface area (Å²) in [6.45, 7) is 1.65. The maximum Gasteiger partial charge on any atom is 0.317 e. The van der Waals surface area contributed by atoms with Gasteiger partial charge in [-0.2, -0.15) is 0 Å². The fourth-order valence-electron chi connectivity index (χ4n) is 3.77. The van der Waals surface area contributed by atoms with Crippen LogP contribution in [0, 0.1) is 5.82 Å². The van der Waals surface area contributed by atoms with Crippen molar-refractivity contribution >= 4 is 11.9 Å². The minimum absolute atomic E-state index is 0.107. The Bertz CT molecular complexity index is 597. The summed E-state index contributed by atoms with van der Waals surface area (Å²) in [5.74, 6) is -0.365. The number of urea groups is 1. The molecule has 24 heavy (non-hydrogen) atoms. The first-order valence-electron chi connectivity index (χ1n) is 8.65. The molecule has 0 spiro atoms. The van der Waals surface area contributed by atoms with E-state index in [1.54, 1.807) is 4.90 Å². The first-order valence-corrected chi connectivity index (χ1v) is 8.65. The molecule has 1 aromatic carbocycles. The van der Waals surface area contributed by atoms with Crippen LogP contribution in [0.3, 0.4) is 0 Å². The molecule has 1 saturated carbocycles. The lowest BCUT2D eigenvalue weighted by atomic mass is 9.69. The fourth-order valence-corrected chi connectivity index (χ4v) is 3.77. The smallest absolute Gasteiger partial charge is 0.317 e. The molecule has 0 radical (unpaired) electrons. The summed E-state index contributed by atoms with van der Waals surface area (Å²) in [4.78, 5) is 25.4. The van der Waals surface area contributed by atoms with E-state index in [9.17, 15) is 14.0 Å². The number of hydrogen-bond donors (Lipinski definition) is 2. The predicted molar refractivity (Wildman–Crippen MR) is 89.1 cm³/mol. The quantitative estimate of drug-likeness (QED) is 0.890. The van der Waals surface area contributed by atoms with Gasteiger partial charge >= 0.3 is 6.03 Å². The van der Waals surface area contributed by atoms with E-state index >= 15 is 0 Å². The third kappa shape index (κ3) is 3.68. The topological polar surface area (TPSA) is 61.4 Å². The van der Waals surface area contributed by atoms with Crippen molar-refractivity contribution in [3.8, 4) is 0 Å². The van der Waals surface area contributed by atoms with Crippen LogP contribution >= 0.6 is 0 Å². The van der Waals surface area contributed by atoms with Crippen LogP contribution in [0.25, 0.3) is 0 Å². The average molecular weight is 333 g/mol. The van der Waals surface area contributed by atoms with Gasteiger partial charge in [-0.05, 0) is 30.5 Å². The lowest BCUT2D eigenvalue weighted by Crippen LogP contribution is -2.54. The van der Waals surface area contributed by atoms with Gasteiger partial charge < -0.3 is 15.5 Å². The van der Waals surface area contributed by atoms with E-state index in [-0.39, 0.29) is 29.7 Å². The number of rotatable bonds is 3. The summed E-state index contributed by atoms with van der Waals surface area (Å²) in [6.07, 6.45) is 5.39. The van der Waals surface area contributed by atoms with Crippen molar-refractivity contribution in [2.75, 3.05) is 26.2 Å². The summed E-state index contributed by atoms with van der Waals surface area (Å²) in [5.41, 5.74) is 0.944. The van der Waals surface area contributed by atoms with Gasteiger partial charge in [-0.15, -0.1) is 0 Å². The lowest BCUT2D eigenvalue weighted by Gasteiger charge is -2.39. The van der Waals surface area contributed by atoms with Crippen molar-refractivity contribution in [3.63, 3.8) is 0 Å². The Kier molecular flexibility index (Phi) is 5.02. The number of benzene rings is 1. The zero-order valence-electron chi connectivity index (χ0n) is 13.8. The van der Waals surface area contributed by atoms with Gasteiger partial charge in [0.2, 0.25) is 5.91 Å². The Balaban J connectivity index is 1.69. The molecule has 3 amide bonds. The van der Waals surface area contributed by atoms with Crippen LogP contribution in [0.1, 0.15) is 37.7 Å². The van der Waals surface area contributed by atoms with Crippen LogP contribution in [0.2, 0.25) is 0 Å². The van der Waals surface area contributed by atoms with Crippen molar-refractivity contribution in [1.29, 1.82) is 0 Å².